The van der Waals surface area contributed by atoms with Crippen LogP contribution in [-0.4, -0.2) is 37.7 Å². The first-order valence-corrected chi connectivity index (χ1v) is 7.06. The smallest absolute Gasteiger partial charge is 0.279 e. The number of nitrogens with zero attached hydrogens (tertiary/aromatic N) is 1. The van der Waals surface area contributed by atoms with Crippen LogP contribution in [0.3, 0.4) is 0 Å². The van der Waals surface area contributed by atoms with Gasteiger partial charge in [-0.15, -0.1) is 11.8 Å². The van der Waals surface area contributed by atoms with Gasteiger partial charge < -0.3 is 16.0 Å². The zero-order chi connectivity index (χ0) is 14.8. The molecule has 0 atom stereocenters. The number of likely N-dealkylation sites (N-methyl/N-ethyl adjacent to an activating group) is 1. The predicted molar refractivity (Wildman–Crippen MR) is 77.1 cm³/mol. The van der Waals surface area contributed by atoms with E-state index in [0.717, 1.165) is 4.90 Å². The van der Waals surface area contributed by atoms with Crippen LogP contribution < -0.4 is 16.0 Å². The fraction of sp³-hybridized carbons (Fsp3) is 0.308. The number of carbonyl (C=O) groups excluding carboxylic acids is 2. The molecular formula is C13H17N4O2S+. The molecule has 0 saturated carbocycles. The Morgan fingerprint density at radius 3 is 2.70 bits per heavy atom. The number of benzene rings is 1. The molecule has 1 aromatic rings. The topological polar surface area (TPSA) is 98.6 Å². The Labute approximate surface area is 121 Å². The number of anilines is 1. The fourth-order valence-corrected chi connectivity index (χ4v) is 2.11. The number of rotatable bonds is 7. The van der Waals surface area contributed by atoms with E-state index in [9.17, 15) is 9.59 Å². The van der Waals surface area contributed by atoms with E-state index in [-0.39, 0.29) is 24.9 Å². The van der Waals surface area contributed by atoms with E-state index in [1.165, 1.54) is 11.8 Å². The lowest BCUT2D eigenvalue weighted by Crippen LogP contribution is -2.88. The van der Waals surface area contributed by atoms with E-state index in [1.54, 1.807) is 18.4 Å². The summed E-state index contributed by atoms with van der Waals surface area (Å²) in [6.07, 6.45) is 0. The highest BCUT2D eigenvalue weighted by molar-refractivity contribution is 7.99. The summed E-state index contributed by atoms with van der Waals surface area (Å²) >= 11 is 1.37. The molecule has 6 nitrogen and oxygen atoms in total. The standard InChI is InChI=1S/C13H16N4O2S/c1-15-12(18)8-16-9-13(19)17-10-4-2-3-5-11(10)20-7-6-14/h2-5,16H,7-9H2,1H3,(H,15,18)(H,17,19)/p+1. The molecule has 0 saturated heterocycles. The lowest BCUT2D eigenvalue weighted by Gasteiger charge is -2.08. The van der Waals surface area contributed by atoms with Crippen molar-refractivity contribution in [2.75, 3.05) is 31.2 Å². The number of quaternary nitrogens is 1. The molecule has 2 amide bonds. The van der Waals surface area contributed by atoms with E-state index < -0.39 is 0 Å². The molecule has 0 fully saturated rings. The van der Waals surface area contributed by atoms with Gasteiger partial charge in [0.2, 0.25) is 0 Å². The van der Waals surface area contributed by atoms with E-state index in [2.05, 4.69) is 10.6 Å². The van der Waals surface area contributed by atoms with Crippen LogP contribution >= 0.6 is 11.8 Å². The second kappa shape index (κ2) is 8.96. The van der Waals surface area contributed by atoms with Gasteiger partial charge in [0.05, 0.1) is 17.5 Å². The third-order valence-corrected chi connectivity index (χ3v) is 3.33. The zero-order valence-corrected chi connectivity index (χ0v) is 12.0. The highest BCUT2D eigenvalue weighted by atomic mass is 32.2. The number of nitriles is 1. The Bertz CT molecular complexity index is 513. The summed E-state index contributed by atoms with van der Waals surface area (Å²) in [6, 6.07) is 9.36. The Balaban J connectivity index is 2.49. The largest absolute Gasteiger partial charge is 0.354 e. The van der Waals surface area contributed by atoms with Crippen molar-refractivity contribution in [3.63, 3.8) is 0 Å². The summed E-state index contributed by atoms with van der Waals surface area (Å²) in [5.41, 5.74) is 0.686. The maximum absolute atomic E-state index is 11.8. The number of amides is 2. The van der Waals surface area contributed by atoms with Crippen molar-refractivity contribution in [3.05, 3.63) is 24.3 Å². The average Bonchev–Trinajstić information content (AvgIpc) is 2.46. The second-order valence-corrected chi connectivity index (χ2v) is 4.88. The van der Waals surface area contributed by atoms with Gasteiger partial charge in [0, 0.05) is 11.9 Å². The van der Waals surface area contributed by atoms with Gasteiger partial charge in [-0.3, -0.25) is 9.59 Å². The number of nitrogens with two attached hydrogens (primary N) is 1. The molecule has 0 aromatic heterocycles. The van der Waals surface area contributed by atoms with Crippen LogP contribution in [-0.2, 0) is 9.59 Å². The molecular weight excluding hydrogens is 276 g/mol. The highest BCUT2D eigenvalue weighted by Crippen LogP contribution is 2.26. The minimum absolute atomic E-state index is 0.122. The summed E-state index contributed by atoms with van der Waals surface area (Å²) in [7, 11) is 1.55. The zero-order valence-electron chi connectivity index (χ0n) is 11.2. The summed E-state index contributed by atoms with van der Waals surface area (Å²) in [4.78, 5) is 23.6. The molecule has 20 heavy (non-hydrogen) atoms. The Kier molecular flexibility index (Phi) is 7.17. The predicted octanol–water partition coefficient (Wildman–Crippen LogP) is -0.450. The lowest BCUT2D eigenvalue weighted by molar-refractivity contribution is -0.632. The molecule has 1 rings (SSSR count). The van der Waals surface area contributed by atoms with Crippen molar-refractivity contribution in [2.45, 2.75) is 4.90 Å². The molecule has 0 bridgehead atoms. The molecule has 4 N–H and O–H groups in total. The Hall–Kier alpha value is -2.04. The lowest BCUT2D eigenvalue weighted by atomic mass is 10.3. The first-order valence-electron chi connectivity index (χ1n) is 6.08. The van der Waals surface area contributed by atoms with Gasteiger partial charge in [-0.05, 0) is 12.1 Å². The summed E-state index contributed by atoms with van der Waals surface area (Å²) < 4.78 is 0. The molecule has 0 spiro atoms. The van der Waals surface area contributed by atoms with Gasteiger partial charge in [0.25, 0.3) is 11.8 Å². The van der Waals surface area contributed by atoms with Crippen LogP contribution in [0.25, 0.3) is 0 Å². The number of hydrogen-bond donors (Lipinski definition) is 3. The van der Waals surface area contributed by atoms with Crippen molar-refractivity contribution < 1.29 is 14.9 Å². The quantitative estimate of drug-likeness (QED) is 0.593. The maximum atomic E-state index is 11.8. The Morgan fingerprint density at radius 1 is 1.30 bits per heavy atom. The SMILES string of the molecule is CNC(=O)C[NH2+]CC(=O)Nc1ccccc1SCC#N. The molecule has 1 aromatic carbocycles. The minimum Gasteiger partial charge on any atom is -0.354 e. The first-order chi connectivity index (χ1) is 9.67. The van der Waals surface area contributed by atoms with E-state index >= 15 is 0 Å². The van der Waals surface area contributed by atoms with Crippen molar-refractivity contribution >= 4 is 29.3 Å². The second-order valence-electron chi connectivity index (χ2n) is 3.86. The van der Waals surface area contributed by atoms with Gasteiger partial charge in [-0.25, -0.2) is 0 Å². The van der Waals surface area contributed by atoms with Crippen LogP contribution in [0.1, 0.15) is 0 Å². The third kappa shape index (κ3) is 5.73. The summed E-state index contributed by atoms with van der Waals surface area (Å²) in [6.45, 7) is 0.388. The monoisotopic (exact) mass is 293 g/mol. The molecule has 0 unspecified atom stereocenters. The number of nitrogens with one attached hydrogen (secondary N) is 2. The van der Waals surface area contributed by atoms with Gasteiger partial charge in [-0.2, -0.15) is 5.26 Å². The van der Waals surface area contributed by atoms with Gasteiger partial charge in [-0.1, -0.05) is 12.1 Å². The van der Waals surface area contributed by atoms with Crippen molar-refractivity contribution in [1.29, 1.82) is 5.26 Å². The fourth-order valence-electron chi connectivity index (χ4n) is 1.44. The van der Waals surface area contributed by atoms with Crippen molar-refractivity contribution in [3.8, 4) is 6.07 Å². The van der Waals surface area contributed by atoms with Crippen LogP contribution in [0.15, 0.2) is 29.2 Å². The number of para-hydroxylation sites is 1. The van der Waals surface area contributed by atoms with Gasteiger partial charge >= 0.3 is 0 Å². The maximum Gasteiger partial charge on any atom is 0.279 e. The van der Waals surface area contributed by atoms with E-state index in [1.807, 2.05) is 24.3 Å². The number of hydrogen-bond acceptors (Lipinski definition) is 4. The van der Waals surface area contributed by atoms with Crippen molar-refractivity contribution in [1.82, 2.24) is 5.32 Å². The van der Waals surface area contributed by atoms with E-state index in [0.29, 0.717) is 11.4 Å². The molecule has 0 aliphatic rings. The molecule has 106 valence electrons. The summed E-state index contributed by atoms with van der Waals surface area (Å²) in [5.74, 6) is 0.0251. The minimum atomic E-state index is -0.182. The van der Waals surface area contributed by atoms with Crippen LogP contribution in [0.2, 0.25) is 0 Å². The van der Waals surface area contributed by atoms with E-state index in [4.69, 9.17) is 5.26 Å². The molecule has 0 heterocycles. The molecule has 0 aliphatic carbocycles. The van der Waals surface area contributed by atoms with Crippen LogP contribution in [0.4, 0.5) is 5.69 Å². The third-order valence-electron chi connectivity index (χ3n) is 2.39. The van der Waals surface area contributed by atoms with Gasteiger partial charge in [0.1, 0.15) is 0 Å². The van der Waals surface area contributed by atoms with Crippen molar-refractivity contribution in [2.24, 2.45) is 0 Å². The summed E-state index contributed by atoms with van der Waals surface area (Å²) in [5, 5.41) is 15.5. The van der Waals surface area contributed by atoms with Crippen LogP contribution in [0.5, 0.6) is 0 Å². The first kappa shape index (κ1) is 16.0. The average molecular weight is 293 g/mol. The van der Waals surface area contributed by atoms with Gasteiger partial charge in [0.15, 0.2) is 13.1 Å². The van der Waals surface area contributed by atoms with Crippen LogP contribution in [0, 0.1) is 11.3 Å². The number of thioether (sulfide) groups is 1. The molecule has 7 heteroatoms. The normalized spacial score (nSPS) is 9.60. The highest BCUT2D eigenvalue weighted by Gasteiger charge is 2.09. The molecule has 0 aliphatic heterocycles. The number of carbonyl (C=O) groups is 2. The Morgan fingerprint density at radius 2 is 2.00 bits per heavy atom. The molecule has 0 radical (unpaired) electrons.